The number of Topliss-reactive ketones (excluding diaryl/α,β-unsaturated/α-hetero) is 1. The minimum atomic E-state index is 0.157. The molecule has 0 saturated heterocycles. The maximum atomic E-state index is 11.5. The second kappa shape index (κ2) is 4.85. The van der Waals surface area contributed by atoms with Crippen LogP contribution in [0.4, 0.5) is 0 Å². The van der Waals surface area contributed by atoms with Crippen molar-refractivity contribution in [2.45, 2.75) is 32.6 Å². The fraction of sp³-hybridized carbons (Fsp3) is 0.545. The highest BCUT2D eigenvalue weighted by Gasteiger charge is 2.24. The Morgan fingerprint density at radius 2 is 2.31 bits per heavy atom. The van der Waals surface area contributed by atoms with Gasteiger partial charge >= 0.3 is 0 Å². The molecule has 1 aliphatic rings. The van der Waals surface area contributed by atoms with E-state index in [1.54, 1.807) is 0 Å². The fourth-order valence-electron chi connectivity index (χ4n) is 1.89. The first-order valence-electron chi connectivity index (χ1n) is 4.89. The number of rotatable bonds is 2. The van der Waals surface area contributed by atoms with Gasteiger partial charge in [0.15, 0.2) is 0 Å². The Morgan fingerprint density at radius 1 is 1.54 bits per heavy atom. The predicted molar refractivity (Wildman–Crippen MR) is 54.0 cm³/mol. The Bertz CT molecular complexity index is 240. The van der Waals surface area contributed by atoms with Crippen molar-refractivity contribution in [1.29, 1.82) is 0 Å². The van der Waals surface area contributed by atoms with Crippen molar-refractivity contribution in [3.8, 4) is 0 Å². The van der Waals surface area contributed by atoms with Gasteiger partial charge in [-0.3, -0.25) is 4.79 Å². The molecular formula is C11H17NO. The van der Waals surface area contributed by atoms with Gasteiger partial charge in [-0.1, -0.05) is 18.6 Å². The van der Waals surface area contributed by atoms with Crippen molar-refractivity contribution < 1.29 is 4.79 Å². The van der Waals surface area contributed by atoms with Crippen LogP contribution >= 0.6 is 0 Å². The Balaban J connectivity index is 2.75. The lowest BCUT2D eigenvalue weighted by Crippen LogP contribution is -2.20. The smallest absolute Gasteiger partial charge is 0.140 e. The molecule has 1 fully saturated rings. The van der Waals surface area contributed by atoms with Gasteiger partial charge in [-0.25, -0.2) is 0 Å². The van der Waals surface area contributed by atoms with Crippen molar-refractivity contribution in [3.05, 3.63) is 23.9 Å². The maximum Gasteiger partial charge on any atom is 0.140 e. The van der Waals surface area contributed by atoms with Gasteiger partial charge in [-0.05, 0) is 31.5 Å². The standard InChI is InChI=1S/C11H17NO/c1-2-10-9(6-4-8-12)5-3-7-11(10)13/h4,6,8,10H,2-3,5,7,12H2,1H3/b8-4-,9-6-. The van der Waals surface area contributed by atoms with Crippen molar-refractivity contribution >= 4 is 5.78 Å². The molecule has 2 nitrogen and oxygen atoms in total. The van der Waals surface area contributed by atoms with E-state index in [1.165, 1.54) is 11.8 Å². The third kappa shape index (κ3) is 2.44. The van der Waals surface area contributed by atoms with E-state index >= 15 is 0 Å². The number of hydrogen-bond donors (Lipinski definition) is 1. The van der Waals surface area contributed by atoms with Gasteiger partial charge in [0.1, 0.15) is 5.78 Å². The number of hydrogen-bond acceptors (Lipinski definition) is 2. The van der Waals surface area contributed by atoms with E-state index < -0.39 is 0 Å². The molecule has 13 heavy (non-hydrogen) atoms. The van der Waals surface area contributed by atoms with E-state index in [2.05, 4.69) is 6.92 Å². The van der Waals surface area contributed by atoms with Crippen LogP contribution in [0.1, 0.15) is 32.6 Å². The summed E-state index contributed by atoms with van der Waals surface area (Å²) in [5.41, 5.74) is 6.51. The number of ketones is 1. The average Bonchev–Trinajstić information content (AvgIpc) is 2.15. The van der Waals surface area contributed by atoms with Crippen LogP contribution in [0.25, 0.3) is 0 Å². The predicted octanol–water partition coefficient (Wildman–Crippen LogP) is 2.16. The molecular weight excluding hydrogens is 162 g/mol. The molecule has 0 heterocycles. The summed E-state index contributed by atoms with van der Waals surface area (Å²) in [6.07, 6.45) is 9.04. The Labute approximate surface area is 79.5 Å². The number of carbonyl (C=O) groups excluding carboxylic acids is 1. The summed E-state index contributed by atoms with van der Waals surface area (Å²) < 4.78 is 0. The molecule has 0 aliphatic heterocycles. The van der Waals surface area contributed by atoms with E-state index in [9.17, 15) is 4.79 Å². The molecule has 0 radical (unpaired) electrons. The lowest BCUT2D eigenvalue weighted by Gasteiger charge is -2.22. The molecule has 0 amide bonds. The summed E-state index contributed by atoms with van der Waals surface area (Å²) in [5, 5.41) is 0. The van der Waals surface area contributed by atoms with Gasteiger partial charge in [0, 0.05) is 12.3 Å². The third-order valence-electron chi connectivity index (χ3n) is 2.55. The first kappa shape index (κ1) is 10.0. The van der Waals surface area contributed by atoms with Crippen LogP contribution < -0.4 is 5.73 Å². The molecule has 0 aromatic rings. The average molecular weight is 179 g/mol. The summed E-state index contributed by atoms with van der Waals surface area (Å²) in [4.78, 5) is 11.5. The largest absolute Gasteiger partial charge is 0.405 e. The molecule has 1 aliphatic carbocycles. The molecule has 2 N–H and O–H groups in total. The minimum Gasteiger partial charge on any atom is -0.405 e. The Hall–Kier alpha value is -1.05. The second-order valence-electron chi connectivity index (χ2n) is 3.41. The summed E-state index contributed by atoms with van der Waals surface area (Å²) in [6.45, 7) is 2.06. The minimum absolute atomic E-state index is 0.157. The van der Waals surface area contributed by atoms with Crippen LogP contribution in [0, 0.1) is 5.92 Å². The first-order chi connectivity index (χ1) is 6.29. The lowest BCUT2D eigenvalue weighted by molar-refractivity contribution is -0.122. The summed E-state index contributed by atoms with van der Waals surface area (Å²) in [7, 11) is 0. The van der Waals surface area contributed by atoms with Crippen molar-refractivity contribution in [2.75, 3.05) is 0 Å². The van der Waals surface area contributed by atoms with E-state index in [-0.39, 0.29) is 5.92 Å². The lowest BCUT2D eigenvalue weighted by atomic mass is 9.81. The molecule has 1 atom stereocenters. The van der Waals surface area contributed by atoms with Crippen molar-refractivity contribution in [3.63, 3.8) is 0 Å². The van der Waals surface area contributed by atoms with Crippen LogP contribution in [-0.4, -0.2) is 5.78 Å². The topological polar surface area (TPSA) is 43.1 Å². The van der Waals surface area contributed by atoms with Gasteiger partial charge in [0.2, 0.25) is 0 Å². The molecule has 0 bridgehead atoms. The highest BCUT2D eigenvalue weighted by molar-refractivity contribution is 5.84. The second-order valence-corrected chi connectivity index (χ2v) is 3.41. The number of carbonyl (C=O) groups is 1. The quantitative estimate of drug-likeness (QED) is 0.706. The van der Waals surface area contributed by atoms with Crippen LogP contribution in [0.15, 0.2) is 23.9 Å². The van der Waals surface area contributed by atoms with Gasteiger partial charge in [-0.2, -0.15) is 0 Å². The van der Waals surface area contributed by atoms with Gasteiger partial charge in [-0.15, -0.1) is 0 Å². The van der Waals surface area contributed by atoms with Gasteiger partial charge in [0.05, 0.1) is 0 Å². The van der Waals surface area contributed by atoms with E-state index in [0.717, 1.165) is 25.7 Å². The van der Waals surface area contributed by atoms with Crippen LogP contribution in [0.5, 0.6) is 0 Å². The third-order valence-corrected chi connectivity index (χ3v) is 2.55. The van der Waals surface area contributed by atoms with Crippen LogP contribution in [-0.2, 0) is 4.79 Å². The summed E-state index contributed by atoms with van der Waals surface area (Å²) >= 11 is 0. The first-order valence-corrected chi connectivity index (χ1v) is 4.89. The van der Waals surface area contributed by atoms with Crippen molar-refractivity contribution in [1.82, 2.24) is 0 Å². The molecule has 1 rings (SSSR count). The summed E-state index contributed by atoms with van der Waals surface area (Å²) in [6, 6.07) is 0. The molecule has 1 saturated carbocycles. The molecule has 0 spiro atoms. The van der Waals surface area contributed by atoms with Crippen LogP contribution in [0.2, 0.25) is 0 Å². The Kier molecular flexibility index (Phi) is 3.74. The summed E-state index contributed by atoms with van der Waals surface area (Å²) in [5.74, 6) is 0.551. The molecule has 72 valence electrons. The van der Waals surface area contributed by atoms with E-state index in [0.29, 0.717) is 5.78 Å². The van der Waals surface area contributed by atoms with E-state index in [4.69, 9.17) is 5.73 Å². The number of nitrogens with two attached hydrogens (primary N) is 1. The zero-order valence-corrected chi connectivity index (χ0v) is 8.12. The number of allylic oxidation sites excluding steroid dienone is 3. The fourth-order valence-corrected chi connectivity index (χ4v) is 1.89. The van der Waals surface area contributed by atoms with Crippen LogP contribution in [0.3, 0.4) is 0 Å². The van der Waals surface area contributed by atoms with Crippen molar-refractivity contribution in [2.24, 2.45) is 11.7 Å². The maximum absolute atomic E-state index is 11.5. The van der Waals surface area contributed by atoms with E-state index in [1.807, 2.05) is 12.2 Å². The Morgan fingerprint density at radius 3 is 2.92 bits per heavy atom. The molecule has 2 heteroatoms. The normalized spacial score (nSPS) is 27.3. The highest BCUT2D eigenvalue weighted by Crippen LogP contribution is 2.28. The van der Waals surface area contributed by atoms with Gasteiger partial charge in [0.25, 0.3) is 0 Å². The molecule has 0 aromatic carbocycles. The zero-order valence-electron chi connectivity index (χ0n) is 8.12. The molecule has 0 aromatic heterocycles. The zero-order chi connectivity index (χ0) is 9.68. The SMILES string of the molecule is CCC1C(=O)CCC/C1=C/C=C\N. The van der Waals surface area contributed by atoms with Gasteiger partial charge < -0.3 is 5.73 Å². The monoisotopic (exact) mass is 179 g/mol. The highest BCUT2D eigenvalue weighted by atomic mass is 16.1. The molecule has 1 unspecified atom stereocenters.